The Hall–Kier alpha value is -1.75. The molecule has 0 spiro atoms. The van der Waals surface area contributed by atoms with Gasteiger partial charge in [0.25, 0.3) is 0 Å². The average molecular weight is 295 g/mol. The van der Waals surface area contributed by atoms with Crippen molar-refractivity contribution in [3.63, 3.8) is 0 Å². The molecule has 0 aromatic heterocycles. The molecular weight excluding hydrogens is 270 g/mol. The van der Waals surface area contributed by atoms with E-state index in [9.17, 15) is 4.79 Å². The quantitative estimate of drug-likeness (QED) is 0.781. The second-order valence-electron chi connectivity index (χ2n) is 5.25. The Morgan fingerprint density at radius 3 is 2.43 bits per heavy atom. The van der Waals surface area contributed by atoms with Crippen LogP contribution < -0.4 is 15.2 Å². The number of methoxy groups -OCH3 is 3. The van der Waals surface area contributed by atoms with Gasteiger partial charge in [-0.2, -0.15) is 0 Å². The summed E-state index contributed by atoms with van der Waals surface area (Å²) in [5.74, 6) is 1.09. The first kappa shape index (κ1) is 17.3. The van der Waals surface area contributed by atoms with Gasteiger partial charge in [-0.05, 0) is 24.6 Å². The molecule has 0 fully saturated rings. The summed E-state index contributed by atoms with van der Waals surface area (Å²) >= 11 is 0. The number of nitrogens with two attached hydrogens (primary N) is 1. The zero-order chi connectivity index (χ0) is 16.0. The van der Waals surface area contributed by atoms with Crippen LogP contribution in [0.3, 0.4) is 0 Å². The fourth-order valence-electron chi connectivity index (χ4n) is 2.51. The predicted molar refractivity (Wildman–Crippen MR) is 81.8 cm³/mol. The lowest BCUT2D eigenvalue weighted by atomic mass is 9.72. The molecule has 1 aromatic rings. The fourth-order valence-corrected chi connectivity index (χ4v) is 2.51. The van der Waals surface area contributed by atoms with Crippen molar-refractivity contribution in [2.24, 2.45) is 5.73 Å². The van der Waals surface area contributed by atoms with E-state index in [2.05, 4.69) is 0 Å². The van der Waals surface area contributed by atoms with Gasteiger partial charge in [-0.15, -0.1) is 0 Å². The molecule has 5 nitrogen and oxygen atoms in total. The number of esters is 1. The van der Waals surface area contributed by atoms with Crippen molar-refractivity contribution < 1.29 is 19.0 Å². The first-order chi connectivity index (χ1) is 9.92. The molecule has 0 saturated carbocycles. The normalized spacial score (nSPS) is 15.0. The van der Waals surface area contributed by atoms with Crippen LogP contribution >= 0.6 is 0 Å². The van der Waals surface area contributed by atoms with E-state index in [4.69, 9.17) is 19.9 Å². The van der Waals surface area contributed by atoms with E-state index in [1.807, 2.05) is 32.0 Å². The molecule has 0 aliphatic rings. The average Bonchev–Trinajstić information content (AvgIpc) is 2.52. The maximum absolute atomic E-state index is 11.8. The monoisotopic (exact) mass is 295 g/mol. The van der Waals surface area contributed by atoms with Crippen molar-refractivity contribution in [2.45, 2.75) is 38.1 Å². The van der Waals surface area contributed by atoms with Gasteiger partial charge in [-0.3, -0.25) is 4.79 Å². The van der Waals surface area contributed by atoms with Gasteiger partial charge < -0.3 is 19.9 Å². The third-order valence-electron chi connectivity index (χ3n) is 4.02. The molecule has 0 bridgehead atoms. The highest BCUT2D eigenvalue weighted by Crippen LogP contribution is 2.40. The van der Waals surface area contributed by atoms with Crippen molar-refractivity contribution in [1.29, 1.82) is 0 Å². The largest absolute Gasteiger partial charge is 0.497 e. The Morgan fingerprint density at radius 2 is 1.95 bits per heavy atom. The number of carbonyl (C=O) groups excluding carboxylic acids is 1. The number of hydrogen-bond donors (Lipinski definition) is 1. The van der Waals surface area contributed by atoms with E-state index in [-0.39, 0.29) is 18.4 Å². The topological polar surface area (TPSA) is 70.8 Å². The second kappa shape index (κ2) is 7.31. The Bertz CT molecular complexity index is 489. The van der Waals surface area contributed by atoms with Crippen molar-refractivity contribution >= 4 is 5.97 Å². The third-order valence-corrected chi connectivity index (χ3v) is 4.02. The van der Waals surface area contributed by atoms with Gasteiger partial charge >= 0.3 is 5.97 Å². The zero-order valence-corrected chi connectivity index (χ0v) is 13.4. The molecule has 2 N–H and O–H groups in total. The van der Waals surface area contributed by atoms with Crippen LogP contribution in [0, 0.1) is 0 Å². The highest BCUT2D eigenvalue weighted by atomic mass is 16.5. The summed E-state index contributed by atoms with van der Waals surface area (Å²) in [6, 6.07) is 5.31. The van der Waals surface area contributed by atoms with Crippen LogP contribution in [0.15, 0.2) is 18.2 Å². The number of hydrogen-bond acceptors (Lipinski definition) is 5. The number of carbonyl (C=O) groups is 1. The molecule has 1 rings (SSSR count). The third kappa shape index (κ3) is 3.67. The molecule has 21 heavy (non-hydrogen) atoms. The summed E-state index contributed by atoms with van der Waals surface area (Å²) in [4.78, 5) is 11.8. The van der Waals surface area contributed by atoms with Crippen LogP contribution in [0.5, 0.6) is 11.5 Å². The van der Waals surface area contributed by atoms with Crippen LogP contribution in [0.4, 0.5) is 0 Å². The number of ether oxygens (including phenoxy) is 3. The van der Waals surface area contributed by atoms with Crippen LogP contribution in [0.1, 0.15) is 32.3 Å². The van der Waals surface area contributed by atoms with E-state index < -0.39 is 5.41 Å². The Labute approximate surface area is 126 Å². The lowest BCUT2D eigenvalue weighted by Crippen LogP contribution is -2.44. The van der Waals surface area contributed by atoms with E-state index in [0.29, 0.717) is 11.5 Å². The summed E-state index contributed by atoms with van der Waals surface area (Å²) in [7, 11) is 4.58. The minimum Gasteiger partial charge on any atom is -0.497 e. The van der Waals surface area contributed by atoms with Gasteiger partial charge in [0, 0.05) is 17.0 Å². The summed E-state index contributed by atoms with van der Waals surface area (Å²) in [6.45, 7) is 3.95. The van der Waals surface area contributed by atoms with Crippen molar-refractivity contribution in [2.75, 3.05) is 21.3 Å². The highest BCUT2D eigenvalue weighted by molar-refractivity contribution is 5.72. The van der Waals surface area contributed by atoms with E-state index in [1.54, 1.807) is 14.2 Å². The van der Waals surface area contributed by atoms with Gasteiger partial charge in [-0.1, -0.05) is 13.8 Å². The predicted octanol–water partition coefficient (Wildman–Crippen LogP) is 2.26. The molecule has 0 heterocycles. The molecule has 5 heteroatoms. The first-order valence-electron chi connectivity index (χ1n) is 6.97. The Kier molecular flexibility index (Phi) is 6.03. The van der Waals surface area contributed by atoms with Gasteiger partial charge in [0.2, 0.25) is 0 Å². The molecule has 1 aromatic carbocycles. The molecule has 118 valence electrons. The summed E-state index contributed by atoms with van der Waals surface area (Å²) < 4.78 is 15.5. The molecular formula is C16H25NO4. The highest BCUT2D eigenvalue weighted by Gasteiger charge is 2.38. The minimum absolute atomic E-state index is 0.183. The maximum Gasteiger partial charge on any atom is 0.306 e. The summed E-state index contributed by atoms with van der Waals surface area (Å²) in [5.41, 5.74) is 6.55. The standard InChI is InChI=1S/C16H25NO4/c1-6-14(17)16(2,10-15(18)21-5)12-9-11(19-3)7-8-13(12)20-4/h7-9,14H,6,10,17H2,1-5H3. The van der Waals surface area contributed by atoms with Crippen LogP contribution in [0.25, 0.3) is 0 Å². The lowest BCUT2D eigenvalue weighted by molar-refractivity contribution is -0.142. The molecule has 2 unspecified atom stereocenters. The first-order valence-corrected chi connectivity index (χ1v) is 6.97. The molecule has 0 aliphatic carbocycles. The minimum atomic E-state index is -0.596. The van der Waals surface area contributed by atoms with Crippen molar-refractivity contribution in [3.8, 4) is 11.5 Å². The van der Waals surface area contributed by atoms with E-state index >= 15 is 0 Å². The molecule has 2 atom stereocenters. The summed E-state index contributed by atoms with van der Waals surface area (Å²) in [6.07, 6.45) is 0.913. The summed E-state index contributed by atoms with van der Waals surface area (Å²) in [5, 5.41) is 0. The van der Waals surface area contributed by atoms with Gasteiger partial charge in [0.05, 0.1) is 27.8 Å². The van der Waals surface area contributed by atoms with Crippen LogP contribution in [-0.4, -0.2) is 33.3 Å². The SMILES string of the molecule is CCC(N)C(C)(CC(=O)OC)c1cc(OC)ccc1OC. The fraction of sp³-hybridized carbons (Fsp3) is 0.562. The Balaban J connectivity index is 3.40. The van der Waals surface area contributed by atoms with E-state index in [1.165, 1.54) is 7.11 Å². The molecule has 0 radical (unpaired) electrons. The number of benzene rings is 1. The van der Waals surface area contributed by atoms with Gasteiger partial charge in [0.15, 0.2) is 0 Å². The van der Waals surface area contributed by atoms with E-state index in [0.717, 1.165) is 12.0 Å². The smallest absolute Gasteiger partial charge is 0.306 e. The number of rotatable bonds is 7. The van der Waals surface area contributed by atoms with Crippen LogP contribution in [-0.2, 0) is 14.9 Å². The second-order valence-corrected chi connectivity index (χ2v) is 5.25. The van der Waals surface area contributed by atoms with Crippen molar-refractivity contribution in [1.82, 2.24) is 0 Å². The maximum atomic E-state index is 11.8. The zero-order valence-electron chi connectivity index (χ0n) is 13.4. The lowest BCUT2D eigenvalue weighted by Gasteiger charge is -2.36. The van der Waals surface area contributed by atoms with Gasteiger partial charge in [0.1, 0.15) is 11.5 Å². The van der Waals surface area contributed by atoms with Crippen molar-refractivity contribution in [3.05, 3.63) is 23.8 Å². The molecule has 0 saturated heterocycles. The molecule has 0 amide bonds. The van der Waals surface area contributed by atoms with Gasteiger partial charge in [-0.25, -0.2) is 0 Å². The van der Waals surface area contributed by atoms with Crippen LogP contribution in [0.2, 0.25) is 0 Å². The molecule has 0 aliphatic heterocycles. The Morgan fingerprint density at radius 1 is 1.29 bits per heavy atom.